The Morgan fingerprint density at radius 1 is 1.11 bits per heavy atom. The fourth-order valence-electron chi connectivity index (χ4n) is 6.82. The van der Waals surface area contributed by atoms with Crippen LogP contribution in [0.25, 0.3) is 10.9 Å². The van der Waals surface area contributed by atoms with Crippen LogP contribution in [-0.4, -0.2) is 79.3 Å². The second kappa shape index (κ2) is 12.4. The highest BCUT2D eigenvalue weighted by Gasteiger charge is 2.45. The normalized spacial score (nSPS) is 20.6. The summed E-state index contributed by atoms with van der Waals surface area (Å²) in [5, 5.41) is 4.30. The van der Waals surface area contributed by atoms with E-state index in [1.807, 2.05) is 50.4 Å². The summed E-state index contributed by atoms with van der Waals surface area (Å²) in [7, 11) is 1.36. The third kappa shape index (κ3) is 5.68. The van der Waals surface area contributed by atoms with Gasteiger partial charge in [-0.15, -0.1) is 0 Å². The number of aromatic nitrogens is 1. The van der Waals surface area contributed by atoms with E-state index in [1.54, 1.807) is 11.8 Å². The lowest BCUT2D eigenvalue weighted by atomic mass is 9.77. The summed E-state index contributed by atoms with van der Waals surface area (Å²) in [4.78, 5) is 47.0. The predicted molar refractivity (Wildman–Crippen MR) is 165 cm³/mol. The summed E-state index contributed by atoms with van der Waals surface area (Å²) < 4.78 is 31.8. The van der Waals surface area contributed by atoms with Crippen LogP contribution in [0, 0.1) is 19.7 Å². The van der Waals surface area contributed by atoms with Crippen LogP contribution >= 0.6 is 0 Å². The van der Waals surface area contributed by atoms with Crippen molar-refractivity contribution < 1.29 is 33.0 Å². The van der Waals surface area contributed by atoms with E-state index < -0.39 is 29.8 Å². The number of rotatable bonds is 6. The molecule has 0 saturated carbocycles. The van der Waals surface area contributed by atoms with E-state index in [1.165, 1.54) is 13.2 Å². The van der Waals surface area contributed by atoms with Crippen LogP contribution in [0.4, 0.5) is 9.18 Å². The van der Waals surface area contributed by atoms with Crippen molar-refractivity contribution >= 4 is 28.9 Å². The molecule has 3 aliphatic heterocycles. The summed E-state index contributed by atoms with van der Waals surface area (Å²) in [5.74, 6) is -2.36. The first-order valence-electron chi connectivity index (χ1n) is 15.2. The molecule has 236 valence electrons. The number of carbonyl (C=O) groups is 3. The number of ether oxygens (including phenoxy) is 3. The highest BCUT2D eigenvalue weighted by Crippen LogP contribution is 2.47. The SMILES string of the molecule is CCOC(=O)C1=C(CN2CCN(C(=O)OC)CC2)NC2=C(C(=O)OC(c3c(C)cc(C)cc3F)C2)C1c1cccc2[nH]ccc12. The lowest BCUT2D eigenvalue weighted by Gasteiger charge is -2.40. The zero-order chi connectivity index (χ0) is 31.8. The maximum atomic E-state index is 15.3. The quantitative estimate of drug-likeness (QED) is 0.301. The van der Waals surface area contributed by atoms with Gasteiger partial charge in [-0.2, -0.15) is 0 Å². The molecule has 1 saturated heterocycles. The Balaban J connectivity index is 1.46. The number of nitrogens with zero attached hydrogens (tertiary/aromatic N) is 2. The number of aromatic amines is 1. The van der Waals surface area contributed by atoms with Crippen LogP contribution in [-0.2, 0) is 23.8 Å². The second-order valence-electron chi connectivity index (χ2n) is 11.7. The van der Waals surface area contributed by atoms with Crippen molar-refractivity contribution in [2.75, 3.05) is 46.4 Å². The van der Waals surface area contributed by atoms with Crippen LogP contribution < -0.4 is 5.32 Å². The van der Waals surface area contributed by atoms with Crippen molar-refractivity contribution in [2.45, 2.75) is 39.2 Å². The van der Waals surface area contributed by atoms with E-state index >= 15 is 4.39 Å². The zero-order valence-electron chi connectivity index (χ0n) is 25.9. The summed E-state index contributed by atoms with van der Waals surface area (Å²) in [6.45, 7) is 7.91. The van der Waals surface area contributed by atoms with Gasteiger partial charge in [0.1, 0.15) is 11.9 Å². The van der Waals surface area contributed by atoms with Gasteiger partial charge in [0.2, 0.25) is 0 Å². The number of aryl methyl sites for hydroxylation is 2. The minimum Gasteiger partial charge on any atom is -0.463 e. The monoisotopic (exact) mass is 616 g/mol. The number of carbonyl (C=O) groups excluding carboxylic acids is 3. The molecule has 11 heteroatoms. The number of cyclic esters (lactones) is 1. The molecular formula is C34H37FN4O6. The third-order valence-electron chi connectivity index (χ3n) is 8.81. The van der Waals surface area contributed by atoms with Gasteiger partial charge in [-0.25, -0.2) is 18.8 Å². The molecular weight excluding hydrogens is 579 g/mol. The van der Waals surface area contributed by atoms with Crippen LogP contribution in [0.15, 0.2) is 65.1 Å². The summed E-state index contributed by atoms with van der Waals surface area (Å²) in [6, 6.07) is 11.0. The topological polar surface area (TPSA) is 113 Å². The number of halogens is 1. The second-order valence-corrected chi connectivity index (χ2v) is 11.7. The molecule has 10 nitrogen and oxygen atoms in total. The summed E-state index contributed by atoms with van der Waals surface area (Å²) >= 11 is 0. The fourth-order valence-corrected chi connectivity index (χ4v) is 6.82. The molecule has 1 aromatic heterocycles. The van der Waals surface area contributed by atoms with Crippen molar-refractivity contribution in [3.63, 3.8) is 0 Å². The average Bonchev–Trinajstić information content (AvgIpc) is 3.49. The Morgan fingerprint density at radius 2 is 1.89 bits per heavy atom. The average molecular weight is 617 g/mol. The van der Waals surface area contributed by atoms with Crippen molar-refractivity contribution in [3.05, 3.63) is 93.2 Å². The molecule has 1 fully saturated rings. The first kappa shape index (κ1) is 30.4. The van der Waals surface area contributed by atoms with Crippen LogP contribution in [0.1, 0.15) is 47.6 Å². The van der Waals surface area contributed by atoms with Gasteiger partial charge in [-0.05, 0) is 55.7 Å². The predicted octanol–water partition coefficient (Wildman–Crippen LogP) is 4.75. The molecule has 0 spiro atoms. The smallest absolute Gasteiger partial charge is 0.409 e. The van der Waals surface area contributed by atoms with Gasteiger partial charge in [0, 0.05) is 73.2 Å². The lowest BCUT2D eigenvalue weighted by Crippen LogP contribution is -2.50. The number of esters is 2. The van der Waals surface area contributed by atoms with Gasteiger partial charge in [-0.1, -0.05) is 18.2 Å². The summed E-state index contributed by atoms with van der Waals surface area (Å²) in [6.07, 6.45) is 0.800. The standard InChI is InChI=1S/C34H37FN4O6/c1-5-44-32(40)31-26(18-38-11-13-39(14-12-38)34(42)43-4)37-25-17-27(28-20(3)15-19(2)16-23(28)35)45-33(41)30(25)29(31)22-7-6-8-24-21(22)9-10-36-24/h6-10,15-16,27,29,36-37H,5,11-14,17-18H2,1-4H3. The minimum absolute atomic E-state index is 0.152. The molecule has 2 N–H and O–H groups in total. The number of fused-ring (bicyclic) bond motifs is 1. The maximum Gasteiger partial charge on any atom is 0.409 e. The number of nitrogens with one attached hydrogen (secondary N) is 2. The van der Waals surface area contributed by atoms with Gasteiger partial charge in [-0.3, -0.25) is 4.90 Å². The van der Waals surface area contributed by atoms with Gasteiger partial charge in [0.25, 0.3) is 0 Å². The minimum atomic E-state index is -0.845. The molecule has 0 radical (unpaired) electrons. The Morgan fingerprint density at radius 3 is 2.60 bits per heavy atom. The first-order chi connectivity index (χ1) is 21.7. The molecule has 2 unspecified atom stereocenters. The van der Waals surface area contributed by atoms with Gasteiger partial charge < -0.3 is 29.4 Å². The highest BCUT2D eigenvalue weighted by molar-refractivity contribution is 6.02. The van der Waals surface area contributed by atoms with Gasteiger partial charge in [0.05, 0.1) is 30.8 Å². The number of benzene rings is 2. The lowest BCUT2D eigenvalue weighted by molar-refractivity contribution is -0.147. The van der Waals surface area contributed by atoms with E-state index in [2.05, 4.69) is 15.2 Å². The third-order valence-corrected chi connectivity index (χ3v) is 8.81. The molecule has 1 amide bonds. The van der Waals surface area contributed by atoms with E-state index in [0.717, 1.165) is 22.0 Å². The molecule has 6 rings (SSSR count). The molecule has 3 aromatic rings. The zero-order valence-corrected chi connectivity index (χ0v) is 25.9. The van der Waals surface area contributed by atoms with Gasteiger partial charge >= 0.3 is 18.0 Å². The van der Waals surface area contributed by atoms with E-state index in [0.29, 0.717) is 66.4 Å². The number of hydrogen-bond donors (Lipinski definition) is 2. The van der Waals surface area contributed by atoms with Gasteiger partial charge in [0.15, 0.2) is 0 Å². The van der Waals surface area contributed by atoms with Crippen LogP contribution in [0.5, 0.6) is 0 Å². The molecule has 45 heavy (non-hydrogen) atoms. The Hall–Kier alpha value is -4.64. The molecule has 0 aliphatic carbocycles. The van der Waals surface area contributed by atoms with Crippen LogP contribution in [0.3, 0.4) is 0 Å². The Bertz CT molecular complexity index is 1710. The molecule has 4 heterocycles. The Labute approximate surface area is 260 Å². The maximum absolute atomic E-state index is 15.3. The molecule has 2 atom stereocenters. The number of dihydropyridines is 1. The van der Waals surface area contributed by atoms with Crippen molar-refractivity contribution in [1.29, 1.82) is 0 Å². The highest BCUT2D eigenvalue weighted by atomic mass is 19.1. The number of methoxy groups -OCH3 is 1. The summed E-state index contributed by atoms with van der Waals surface area (Å²) in [5.41, 5.74) is 5.26. The number of H-pyrrole nitrogens is 1. The molecule has 2 aromatic carbocycles. The first-order valence-corrected chi connectivity index (χ1v) is 15.2. The van der Waals surface area contributed by atoms with Crippen molar-refractivity contribution in [3.8, 4) is 0 Å². The Kier molecular flexibility index (Phi) is 8.37. The number of hydrogen-bond acceptors (Lipinski definition) is 8. The number of amides is 1. The van der Waals surface area contributed by atoms with Crippen molar-refractivity contribution in [2.24, 2.45) is 0 Å². The van der Waals surface area contributed by atoms with Crippen molar-refractivity contribution in [1.82, 2.24) is 20.1 Å². The number of piperazine rings is 1. The van der Waals surface area contributed by atoms with Crippen LogP contribution in [0.2, 0.25) is 0 Å². The molecule has 3 aliphatic rings. The van der Waals surface area contributed by atoms with E-state index in [4.69, 9.17) is 14.2 Å². The largest absolute Gasteiger partial charge is 0.463 e. The van der Waals surface area contributed by atoms with E-state index in [9.17, 15) is 14.4 Å². The fraction of sp³-hybridized carbons (Fsp3) is 0.382. The molecule has 0 bridgehead atoms. The van der Waals surface area contributed by atoms with E-state index in [-0.39, 0.29) is 19.1 Å².